The number of benzene rings is 2. The van der Waals surface area contributed by atoms with E-state index in [1.54, 1.807) is 18.4 Å². The molecule has 0 bridgehead atoms. The average Bonchev–Trinajstić information content (AvgIpc) is 3.49. The monoisotopic (exact) mass is 432 g/mol. The first-order valence-electron chi connectivity index (χ1n) is 10.7. The Bertz CT molecular complexity index is 1020. The van der Waals surface area contributed by atoms with Crippen molar-refractivity contribution in [3.05, 3.63) is 82.6 Å². The highest BCUT2D eigenvalue weighted by Crippen LogP contribution is 2.35. The average molecular weight is 433 g/mol. The lowest BCUT2D eigenvalue weighted by molar-refractivity contribution is -0.133. The van der Waals surface area contributed by atoms with Crippen LogP contribution in [0, 0.1) is 5.41 Å². The lowest BCUT2D eigenvalue weighted by atomic mass is 9.79. The molecule has 160 valence electrons. The minimum absolute atomic E-state index is 0.0211. The van der Waals surface area contributed by atoms with E-state index in [1.807, 2.05) is 35.2 Å². The Labute approximate surface area is 187 Å². The van der Waals surface area contributed by atoms with Gasteiger partial charge in [0.2, 0.25) is 11.8 Å². The molecule has 5 heteroatoms. The number of hydrogen-bond donors (Lipinski definition) is 1. The third-order valence-corrected chi connectivity index (χ3v) is 6.92. The largest absolute Gasteiger partial charge is 0.359 e. The molecule has 2 amide bonds. The van der Waals surface area contributed by atoms with Gasteiger partial charge >= 0.3 is 0 Å². The van der Waals surface area contributed by atoms with E-state index >= 15 is 0 Å². The molecule has 0 spiro atoms. The van der Waals surface area contributed by atoms with E-state index in [-0.39, 0.29) is 11.8 Å². The second kappa shape index (κ2) is 9.48. The van der Waals surface area contributed by atoms with Gasteiger partial charge in [-0.05, 0) is 58.3 Å². The van der Waals surface area contributed by atoms with Crippen molar-refractivity contribution < 1.29 is 9.59 Å². The first kappa shape index (κ1) is 21.3. The number of aryl methyl sites for hydroxylation is 1. The summed E-state index contributed by atoms with van der Waals surface area (Å²) in [5, 5.41) is 7.05. The van der Waals surface area contributed by atoms with Crippen molar-refractivity contribution in [2.24, 2.45) is 5.41 Å². The maximum Gasteiger partial charge on any atom is 0.228 e. The summed E-state index contributed by atoms with van der Waals surface area (Å²) in [5.74, 6) is 0.148. The minimum Gasteiger partial charge on any atom is -0.359 e. The number of amides is 2. The molecule has 1 atom stereocenters. The molecule has 4 nitrogen and oxygen atoms in total. The second-order valence-electron chi connectivity index (χ2n) is 8.30. The smallest absolute Gasteiger partial charge is 0.228 e. The van der Waals surface area contributed by atoms with Crippen LogP contribution in [0.5, 0.6) is 0 Å². The van der Waals surface area contributed by atoms with E-state index in [0.29, 0.717) is 32.4 Å². The Morgan fingerprint density at radius 2 is 1.77 bits per heavy atom. The summed E-state index contributed by atoms with van der Waals surface area (Å²) in [4.78, 5) is 27.6. The van der Waals surface area contributed by atoms with Gasteiger partial charge in [0, 0.05) is 26.6 Å². The zero-order valence-corrected chi connectivity index (χ0v) is 18.7. The molecule has 1 fully saturated rings. The molecule has 1 aliphatic rings. The van der Waals surface area contributed by atoms with Crippen molar-refractivity contribution in [3.63, 3.8) is 0 Å². The summed E-state index contributed by atoms with van der Waals surface area (Å²) in [6, 6.07) is 20.6. The minimum atomic E-state index is -0.568. The van der Waals surface area contributed by atoms with Crippen LogP contribution in [0.1, 0.15) is 24.0 Å². The highest BCUT2D eigenvalue weighted by Gasteiger charge is 2.45. The maximum atomic E-state index is 12.9. The Balaban J connectivity index is 1.43. The molecule has 0 aliphatic carbocycles. The molecule has 4 rings (SSSR count). The van der Waals surface area contributed by atoms with Crippen molar-refractivity contribution >= 4 is 23.2 Å². The number of rotatable bonds is 7. The van der Waals surface area contributed by atoms with Crippen LogP contribution >= 0.6 is 11.3 Å². The number of carbonyl (C=O) groups is 2. The lowest BCUT2D eigenvalue weighted by Gasteiger charge is -2.28. The first-order valence-corrected chi connectivity index (χ1v) is 11.7. The number of nitrogens with zero attached hydrogens (tertiary/aromatic N) is 1. The number of hydrogen-bond acceptors (Lipinski definition) is 3. The van der Waals surface area contributed by atoms with Gasteiger partial charge in [0.1, 0.15) is 0 Å². The Morgan fingerprint density at radius 1 is 1.00 bits per heavy atom. The molecule has 1 saturated heterocycles. The molecule has 1 aliphatic heterocycles. The third kappa shape index (κ3) is 4.88. The van der Waals surface area contributed by atoms with Gasteiger partial charge in [-0.25, -0.2) is 0 Å². The number of carbonyl (C=O) groups excluding carboxylic acids is 2. The Hall–Kier alpha value is -2.92. The standard InChI is InChI=1S/C26H28N2O2S/c1-27-25(30)26(17-21-7-10-22(11-8-21)23-13-16-31-18-23)14-15-28(19-26)24(29)12-9-20-5-3-2-4-6-20/h2-8,10-11,13,16,18H,9,12,14-15,17,19H2,1H3,(H,27,30)/t26-/m0/s1. The van der Waals surface area contributed by atoms with Gasteiger partial charge in [0.15, 0.2) is 0 Å². The van der Waals surface area contributed by atoms with Gasteiger partial charge in [-0.1, -0.05) is 54.6 Å². The van der Waals surface area contributed by atoms with Crippen LogP contribution < -0.4 is 5.32 Å². The molecule has 0 saturated carbocycles. The first-order chi connectivity index (χ1) is 15.1. The normalized spacial score (nSPS) is 18.2. The van der Waals surface area contributed by atoms with E-state index in [4.69, 9.17) is 0 Å². The molecule has 0 radical (unpaired) electrons. The third-order valence-electron chi connectivity index (χ3n) is 6.24. The zero-order chi connectivity index (χ0) is 21.7. The molecule has 31 heavy (non-hydrogen) atoms. The van der Waals surface area contributed by atoms with Gasteiger partial charge < -0.3 is 10.2 Å². The predicted octanol–water partition coefficient (Wildman–Crippen LogP) is 4.56. The van der Waals surface area contributed by atoms with Crippen LogP contribution in [-0.2, 0) is 22.4 Å². The summed E-state index contributed by atoms with van der Waals surface area (Å²) in [6.45, 7) is 1.11. The van der Waals surface area contributed by atoms with E-state index in [1.165, 1.54) is 16.7 Å². The summed E-state index contributed by atoms with van der Waals surface area (Å²) in [5.41, 5.74) is 4.12. The summed E-state index contributed by atoms with van der Waals surface area (Å²) in [6.07, 6.45) is 2.53. The number of nitrogens with one attached hydrogen (secondary N) is 1. The summed E-state index contributed by atoms with van der Waals surface area (Å²) >= 11 is 1.69. The second-order valence-corrected chi connectivity index (χ2v) is 9.08. The summed E-state index contributed by atoms with van der Waals surface area (Å²) in [7, 11) is 1.68. The molecule has 1 N–H and O–H groups in total. The van der Waals surface area contributed by atoms with Crippen molar-refractivity contribution in [2.45, 2.75) is 25.7 Å². The number of likely N-dealkylation sites (tertiary alicyclic amines) is 1. The predicted molar refractivity (Wildman–Crippen MR) is 126 cm³/mol. The number of thiophene rings is 1. The van der Waals surface area contributed by atoms with Gasteiger partial charge in [-0.3, -0.25) is 9.59 Å². The highest BCUT2D eigenvalue weighted by atomic mass is 32.1. The lowest BCUT2D eigenvalue weighted by Crippen LogP contribution is -2.44. The quantitative estimate of drug-likeness (QED) is 0.595. The van der Waals surface area contributed by atoms with Gasteiger partial charge in [-0.2, -0.15) is 11.3 Å². The molecular formula is C26H28N2O2S. The molecular weight excluding hydrogens is 404 g/mol. The van der Waals surface area contributed by atoms with Gasteiger partial charge in [0.05, 0.1) is 5.41 Å². The van der Waals surface area contributed by atoms with Crippen LogP contribution in [0.2, 0.25) is 0 Å². The van der Waals surface area contributed by atoms with E-state index in [0.717, 1.165) is 12.0 Å². The van der Waals surface area contributed by atoms with Crippen LogP contribution in [0.15, 0.2) is 71.4 Å². The van der Waals surface area contributed by atoms with E-state index in [2.05, 4.69) is 46.4 Å². The highest BCUT2D eigenvalue weighted by molar-refractivity contribution is 7.08. The van der Waals surface area contributed by atoms with Gasteiger partial charge in [0.25, 0.3) is 0 Å². The van der Waals surface area contributed by atoms with Crippen LogP contribution in [0.4, 0.5) is 0 Å². The Kier molecular flexibility index (Phi) is 6.52. The van der Waals surface area contributed by atoms with Gasteiger partial charge in [-0.15, -0.1) is 0 Å². The molecule has 0 unspecified atom stereocenters. The summed E-state index contributed by atoms with van der Waals surface area (Å²) < 4.78 is 0. The molecule has 1 aromatic heterocycles. The van der Waals surface area contributed by atoms with Crippen LogP contribution in [-0.4, -0.2) is 36.9 Å². The fourth-order valence-electron chi connectivity index (χ4n) is 4.45. The fourth-order valence-corrected chi connectivity index (χ4v) is 5.11. The van der Waals surface area contributed by atoms with Crippen molar-refractivity contribution in [1.82, 2.24) is 10.2 Å². The van der Waals surface area contributed by atoms with Crippen LogP contribution in [0.3, 0.4) is 0 Å². The topological polar surface area (TPSA) is 49.4 Å². The Morgan fingerprint density at radius 3 is 2.45 bits per heavy atom. The van der Waals surface area contributed by atoms with Crippen molar-refractivity contribution in [2.75, 3.05) is 20.1 Å². The maximum absolute atomic E-state index is 12.9. The molecule has 2 aromatic carbocycles. The molecule has 2 heterocycles. The SMILES string of the molecule is CNC(=O)[C@]1(Cc2ccc(-c3ccsc3)cc2)CCN(C(=O)CCc2ccccc2)C1. The van der Waals surface area contributed by atoms with Crippen molar-refractivity contribution in [1.29, 1.82) is 0 Å². The van der Waals surface area contributed by atoms with E-state index < -0.39 is 5.41 Å². The fraction of sp³-hybridized carbons (Fsp3) is 0.308. The van der Waals surface area contributed by atoms with Crippen molar-refractivity contribution in [3.8, 4) is 11.1 Å². The van der Waals surface area contributed by atoms with E-state index in [9.17, 15) is 9.59 Å². The zero-order valence-electron chi connectivity index (χ0n) is 17.8. The van der Waals surface area contributed by atoms with Crippen LogP contribution in [0.25, 0.3) is 11.1 Å². The molecule has 3 aromatic rings.